The summed E-state index contributed by atoms with van der Waals surface area (Å²) < 4.78 is 0. The van der Waals surface area contributed by atoms with Gasteiger partial charge in [0, 0.05) is 24.8 Å². The monoisotopic (exact) mass is 257 g/mol. The van der Waals surface area contributed by atoms with Gasteiger partial charge in [0.2, 0.25) is 5.91 Å². The minimum absolute atomic E-state index is 0.0473. The Hall–Kier alpha value is -1.20. The number of aliphatic hydroxyl groups is 2. The summed E-state index contributed by atoms with van der Waals surface area (Å²) in [6.07, 6.45) is 1.68. The first-order chi connectivity index (χ1) is 8.35. The highest BCUT2D eigenvalue weighted by atomic mass is 16.3. The van der Waals surface area contributed by atoms with Crippen LogP contribution in [0.1, 0.15) is 33.1 Å². The summed E-state index contributed by atoms with van der Waals surface area (Å²) in [4.78, 5) is 22.8. The van der Waals surface area contributed by atoms with Gasteiger partial charge in [-0.05, 0) is 6.42 Å². The lowest BCUT2D eigenvalue weighted by Gasteiger charge is -2.27. The molecule has 0 saturated heterocycles. The molecular weight excluding hydrogens is 234 g/mol. The molecular formula is C13H23NO4. The number of hydrogen-bond donors (Lipinski definition) is 3. The molecule has 0 bridgehead atoms. The van der Waals surface area contributed by atoms with Crippen molar-refractivity contribution in [3.63, 3.8) is 0 Å². The van der Waals surface area contributed by atoms with Crippen molar-refractivity contribution >= 4 is 11.7 Å². The first-order valence-corrected chi connectivity index (χ1v) is 6.04. The van der Waals surface area contributed by atoms with Gasteiger partial charge in [-0.15, -0.1) is 6.58 Å². The largest absolute Gasteiger partial charge is 0.396 e. The van der Waals surface area contributed by atoms with Gasteiger partial charge < -0.3 is 15.5 Å². The van der Waals surface area contributed by atoms with Crippen molar-refractivity contribution in [2.75, 3.05) is 13.2 Å². The van der Waals surface area contributed by atoms with E-state index in [0.29, 0.717) is 12.8 Å². The van der Waals surface area contributed by atoms with E-state index in [-0.39, 0.29) is 25.4 Å². The summed E-state index contributed by atoms with van der Waals surface area (Å²) >= 11 is 0. The highest BCUT2D eigenvalue weighted by Gasteiger charge is 2.32. The Labute approximate surface area is 108 Å². The number of nitrogens with one attached hydrogen (secondary N) is 1. The Morgan fingerprint density at radius 2 is 2.00 bits per heavy atom. The SMILES string of the molecule is C=CCCC(=O)CCNC(=O)C(O)C(C)(C)CO. The minimum Gasteiger partial charge on any atom is -0.396 e. The predicted molar refractivity (Wildman–Crippen MR) is 68.9 cm³/mol. The molecule has 104 valence electrons. The molecule has 5 nitrogen and oxygen atoms in total. The van der Waals surface area contributed by atoms with E-state index in [1.807, 2.05) is 0 Å². The molecule has 0 saturated carbocycles. The summed E-state index contributed by atoms with van der Waals surface area (Å²) in [5.41, 5.74) is -0.892. The predicted octanol–water partition coefficient (Wildman–Crippen LogP) is 0.407. The molecule has 0 aromatic rings. The molecule has 0 aliphatic heterocycles. The van der Waals surface area contributed by atoms with E-state index in [1.54, 1.807) is 19.9 Å². The molecule has 0 aliphatic rings. The number of Topliss-reactive ketones (excluding diaryl/α,β-unsaturated/α-hetero) is 1. The second-order valence-electron chi connectivity index (χ2n) is 4.96. The number of amides is 1. The van der Waals surface area contributed by atoms with Crippen molar-refractivity contribution in [1.29, 1.82) is 0 Å². The third-order valence-electron chi connectivity index (χ3n) is 2.73. The highest BCUT2D eigenvalue weighted by molar-refractivity contribution is 5.83. The van der Waals surface area contributed by atoms with Crippen molar-refractivity contribution in [3.8, 4) is 0 Å². The fourth-order valence-electron chi connectivity index (χ4n) is 1.25. The van der Waals surface area contributed by atoms with Crippen LogP contribution in [-0.2, 0) is 9.59 Å². The number of carbonyl (C=O) groups is 2. The van der Waals surface area contributed by atoms with Gasteiger partial charge in [0.25, 0.3) is 0 Å². The molecule has 1 atom stereocenters. The zero-order chi connectivity index (χ0) is 14.2. The lowest BCUT2D eigenvalue weighted by atomic mass is 9.87. The highest BCUT2D eigenvalue weighted by Crippen LogP contribution is 2.19. The van der Waals surface area contributed by atoms with Gasteiger partial charge in [0.05, 0.1) is 6.61 Å². The van der Waals surface area contributed by atoms with Crippen LogP contribution in [0.15, 0.2) is 12.7 Å². The van der Waals surface area contributed by atoms with Crippen LogP contribution in [0.2, 0.25) is 0 Å². The Balaban J connectivity index is 3.97. The Bertz CT molecular complexity index is 299. The molecule has 0 aromatic carbocycles. The van der Waals surface area contributed by atoms with Crippen molar-refractivity contribution < 1.29 is 19.8 Å². The summed E-state index contributed by atoms with van der Waals surface area (Å²) in [5.74, 6) is -0.517. The van der Waals surface area contributed by atoms with Gasteiger partial charge in [0.1, 0.15) is 11.9 Å². The van der Waals surface area contributed by atoms with Gasteiger partial charge in [-0.3, -0.25) is 9.59 Å². The van der Waals surface area contributed by atoms with Crippen LogP contribution in [0, 0.1) is 5.41 Å². The van der Waals surface area contributed by atoms with Gasteiger partial charge >= 0.3 is 0 Å². The van der Waals surface area contributed by atoms with Crippen LogP contribution in [0.5, 0.6) is 0 Å². The fourth-order valence-corrected chi connectivity index (χ4v) is 1.25. The quantitative estimate of drug-likeness (QED) is 0.522. The second-order valence-corrected chi connectivity index (χ2v) is 4.96. The fraction of sp³-hybridized carbons (Fsp3) is 0.692. The standard InChI is InChI=1S/C13H23NO4/c1-4-5-6-10(16)7-8-14-12(18)11(17)13(2,3)9-15/h4,11,15,17H,1,5-9H2,2-3H3,(H,14,18). The average Bonchev–Trinajstić information content (AvgIpc) is 2.35. The van der Waals surface area contributed by atoms with Gasteiger partial charge in [-0.1, -0.05) is 19.9 Å². The second kappa shape index (κ2) is 8.00. The van der Waals surface area contributed by atoms with Gasteiger partial charge in [-0.2, -0.15) is 0 Å². The summed E-state index contributed by atoms with van der Waals surface area (Å²) in [6, 6.07) is 0. The number of carbonyl (C=O) groups excluding carboxylic acids is 2. The van der Waals surface area contributed by atoms with E-state index < -0.39 is 17.4 Å². The molecule has 0 heterocycles. The van der Waals surface area contributed by atoms with Gasteiger partial charge in [-0.25, -0.2) is 0 Å². The number of ketones is 1. The van der Waals surface area contributed by atoms with E-state index in [9.17, 15) is 14.7 Å². The molecule has 3 N–H and O–H groups in total. The van der Waals surface area contributed by atoms with E-state index in [1.165, 1.54) is 0 Å². The number of aliphatic hydroxyl groups excluding tert-OH is 2. The van der Waals surface area contributed by atoms with Gasteiger partial charge in [0.15, 0.2) is 0 Å². The van der Waals surface area contributed by atoms with Crippen LogP contribution >= 0.6 is 0 Å². The van der Waals surface area contributed by atoms with Crippen molar-refractivity contribution in [2.24, 2.45) is 5.41 Å². The zero-order valence-corrected chi connectivity index (χ0v) is 11.1. The lowest BCUT2D eigenvalue weighted by Crippen LogP contribution is -2.45. The Morgan fingerprint density at radius 3 is 2.50 bits per heavy atom. The van der Waals surface area contributed by atoms with Crippen LogP contribution in [0.3, 0.4) is 0 Å². The third kappa shape index (κ3) is 5.93. The van der Waals surface area contributed by atoms with Crippen molar-refractivity contribution in [1.82, 2.24) is 5.32 Å². The Kier molecular flexibility index (Phi) is 7.47. The molecule has 5 heteroatoms. The first-order valence-electron chi connectivity index (χ1n) is 6.04. The molecule has 0 aromatic heterocycles. The summed E-state index contributed by atoms with van der Waals surface area (Å²) in [6.45, 7) is 6.61. The molecule has 1 unspecified atom stereocenters. The minimum atomic E-state index is -1.29. The summed E-state index contributed by atoms with van der Waals surface area (Å²) in [5, 5.41) is 21.2. The molecule has 0 radical (unpaired) electrons. The molecule has 18 heavy (non-hydrogen) atoms. The maximum atomic E-state index is 11.5. The number of rotatable bonds is 9. The number of allylic oxidation sites excluding steroid dienone is 1. The molecule has 1 amide bonds. The van der Waals surface area contributed by atoms with Crippen LogP contribution < -0.4 is 5.32 Å². The first kappa shape index (κ1) is 16.8. The molecule has 0 spiro atoms. The van der Waals surface area contributed by atoms with E-state index in [0.717, 1.165) is 0 Å². The third-order valence-corrected chi connectivity index (χ3v) is 2.73. The van der Waals surface area contributed by atoms with Crippen molar-refractivity contribution in [2.45, 2.75) is 39.2 Å². The maximum absolute atomic E-state index is 11.5. The van der Waals surface area contributed by atoms with Crippen LogP contribution in [0.25, 0.3) is 0 Å². The van der Waals surface area contributed by atoms with E-state index in [4.69, 9.17) is 5.11 Å². The zero-order valence-electron chi connectivity index (χ0n) is 11.1. The number of hydrogen-bond acceptors (Lipinski definition) is 4. The van der Waals surface area contributed by atoms with Crippen LogP contribution in [0.4, 0.5) is 0 Å². The van der Waals surface area contributed by atoms with Crippen LogP contribution in [-0.4, -0.2) is 41.2 Å². The van der Waals surface area contributed by atoms with E-state index >= 15 is 0 Å². The smallest absolute Gasteiger partial charge is 0.249 e. The molecule has 0 rings (SSSR count). The maximum Gasteiger partial charge on any atom is 0.249 e. The molecule has 0 fully saturated rings. The lowest BCUT2D eigenvalue weighted by molar-refractivity contribution is -0.137. The molecule has 0 aliphatic carbocycles. The topological polar surface area (TPSA) is 86.6 Å². The normalized spacial score (nSPS) is 12.9. The Morgan fingerprint density at radius 1 is 1.39 bits per heavy atom. The van der Waals surface area contributed by atoms with E-state index in [2.05, 4.69) is 11.9 Å². The summed E-state index contributed by atoms with van der Waals surface area (Å²) in [7, 11) is 0. The van der Waals surface area contributed by atoms with Crippen molar-refractivity contribution in [3.05, 3.63) is 12.7 Å². The average molecular weight is 257 g/mol.